The van der Waals surface area contributed by atoms with Gasteiger partial charge in [-0.3, -0.25) is 0 Å². The molecule has 1 fully saturated rings. The van der Waals surface area contributed by atoms with Gasteiger partial charge in [-0.15, -0.1) is 0 Å². The Morgan fingerprint density at radius 1 is 1.20 bits per heavy atom. The van der Waals surface area contributed by atoms with E-state index in [1.807, 2.05) is 6.07 Å². The lowest BCUT2D eigenvalue weighted by Gasteiger charge is -2.49. The van der Waals surface area contributed by atoms with Crippen LogP contribution in [0.2, 0.25) is 0 Å². The molecule has 20 heavy (non-hydrogen) atoms. The van der Waals surface area contributed by atoms with Crippen LogP contribution in [0.25, 0.3) is 0 Å². The Bertz CT molecular complexity index is 429. The van der Waals surface area contributed by atoms with Crippen LogP contribution >= 0.6 is 15.9 Å². The molecule has 0 bridgehead atoms. The molecule has 1 aliphatic rings. The van der Waals surface area contributed by atoms with Crippen molar-refractivity contribution in [3.63, 3.8) is 0 Å². The minimum Gasteiger partial charge on any atom is -0.383 e. The molecule has 0 saturated heterocycles. The zero-order valence-electron chi connectivity index (χ0n) is 12.8. The third-order valence-electron chi connectivity index (χ3n) is 4.48. The molecule has 0 unspecified atom stereocenters. The Kier molecular flexibility index (Phi) is 5.47. The van der Waals surface area contributed by atoms with E-state index in [2.05, 4.69) is 70.4 Å². The van der Waals surface area contributed by atoms with Crippen LogP contribution in [0.1, 0.15) is 19.3 Å². The molecule has 3 nitrogen and oxygen atoms in total. The van der Waals surface area contributed by atoms with E-state index in [1.54, 1.807) is 0 Å². The average molecular weight is 340 g/mol. The summed E-state index contributed by atoms with van der Waals surface area (Å²) in [6.45, 7) is 3.21. The first-order valence-corrected chi connectivity index (χ1v) is 8.17. The van der Waals surface area contributed by atoms with E-state index in [0.717, 1.165) is 24.1 Å². The summed E-state index contributed by atoms with van der Waals surface area (Å²) in [6, 6.07) is 8.28. The first kappa shape index (κ1) is 15.8. The summed E-state index contributed by atoms with van der Waals surface area (Å²) >= 11 is 3.57. The van der Waals surface area contributed by atoms with Crippen molar-refractivity contribution in [1.29, 1.82) is 0 Å². The van der Waals surface area contributed by atoms with Crippen LogP contribution in [-0.4, -0.2) is 56.1 Å². The average Bonchev–Trinajstić information content (AvgIpc) is 2.36. The molecule has 112 valence electrons. The van der Waals surface area contributed by atoms with Crippen molar-refractivity contribution in [3.8, 4) is 0 Å². The fourth-order valence-corrected chi connectivity index (χ4v) is 3.32. The lowest BCUT2D eigenvalue weighted by molar-refractivity contribution is 0.0289. The van der Waals surface area contributed by atoms with Crippen LogP contribution < -0.4 is 5.32 Å². The number of benzene rings is 1. The van der Waals surface area contributed by atoms with Gasteiger partial charge in [-0.05, 0) is 68.5 Å². The highest BCUT2D eigenvalue weighted by Gasteiger charge is 2.39. The number of anilines is 1. The molecule has 4 heteroatoms. The van der Waals surface area contributed by atoms with Crippen molar-refractivity contribution in [3.05, 3.63) is 28.7 Å². The normalized spacial score (nSPS) is 17.3. The van der Waals surface area contributed by atoms with Crippen molar-refractivity contribution in [2.75, 3.05) is 46.1 Å². The summed E-state index contributed by atoms with van der Waals surface area (Å²) in [5.41, 5.74) is 1.59. The number of nitrogens with one attached hydrogen (secondary N) is 1. The van der Waals surface area contributed by atoms with E-state index in [-0.39, 0.29) is 0 Å². The number of halogens is 1. The van der Waals surface area contributed by atoms with Crippen molar-refractivity contribution < 1.29 is 0 Å². The van der Waals surface area contributed by atoms with Gasteiger partial charge in [-0.25, -0.2) is 0 Å². The Morgan fingerprint density at radius 3 is 2.45 bits per heavy atom. The molecule has 0 radical (unpaired) electrons. The van der Waals surface area contributed by atoms with Crippen molar-refractivity contribution in [2.24, 2.45) is 0 Å². The molecule has 0 atom stereocenters. The molecule has 1 N–H and O–H groups in total. The molecular formula is C16H26BrN3. The van der Waals surface area contributed by atoms with E-state index >= 15 is 0 Å². The lowest BCUT2D eigenvalue weighted by atomic mass is 9.75. The molecule has 1 aromatic rings. The van der Waals surface area contributed by atoms with Crippen molar-refractivity contribution in [2.45, 2.75) is 24.8 Å². The van der Waals surface area contributed by atoms with Crippen molar-refractivity contribution >= 4 is 21.6 Å². The molecule has 0 aliphatic heterocycles. The van der Waals surface area contributed by atoms with E-state index in [9.17, 15) is 0 Å². The number of para-hydroxylation sites is 1. The summed E-state index contributed by atoms with van der Waals surface area (Å²) in [5, 5.41) is 3.49. The van der Waals surface area contributed by atoms with Gasteiger partial charge in [0.15, 0.2) is 0 Å². The molecule has 1 aromatic carbocycles. The van der Waals surface area contributed by atoms with Gasteiger partial charge in [-0.2, -0.15) is 0 Å². The van der Waals surface area contributed by atoms with E-state index in [1.165, 1.54) is 24.9 Å². The number of hydrogen-bond acceptors (Lipinski definition) is 3. The fraction of sp³-hybridized carbons (Fsp3) is 0.625. The Morgan fingerprint density at radius 2 is 1.90 bits per heavy atom. The Hall–Kier alpha value is -0.580. The van der Waals surface area contributed by atoms with Crippen LogP contribution in [0.4, 0.5) is 5.69 Å². The molecule has 2 rings (SSSR count). The zero-order chi connectivity index (χ0) is 14.6. The first-order chi connectivity index (χ1) is 9.53. The van der Waals surface area contributed by atoms with E-state index < -0.39 is 0 Å². The topological polar surface area (TPSA) is 18.5 Å². The minimum atomic E-state index is 0.419. The number of likely N-dealkylation sites (N-methyl/N-ethyl adjacent to an activating group) is 2. The Balaban J connectivity index is 1.75. The second kappa shape index (κ2) is 6.92. The highest BCUT2D eigenvalue weighted by atomic mass is 79.9. The monoisotopic (exact) mass is 339 g/mol. The summed E-state index contributed by atoms with van der Waals surface area (Å²) in [5.74, 6) is 0. The zero-order valence-corrected chi connectivity index (χ0v) is 14.4. The molecule has 0 spiro atoms. The standard InChI is InChI=1S/C16H26BrN3/c1-19(2)16(9-6-10-16)13-20(3)12-11-18-15-8-5-4-7-14(15)17/h4-5,7-8,18H,6,9-13H2,1-3H3. The fourth-order valence-electron chi connectivity index (χ4n) is 2.90. The van der Waals surface area contributed by atoms with Gasteiger partial charge in [0.25, 0.3) is 0 Å². The lowest BCUT2D eigenvalue weighted by Crippen LogP contribution is -2.57. The first-order valence-electron chi connectivity index (χ1n) is 7.38. The highest BCUT2D eigenvalue weighted by Crippen LogP contribution is 2.36. The molecule has 0 amide bonds. The van der Waals surface area contributed by atoms with E-state index in [4.69, 9.17) is 0 Å². The number of hydrogen-bond donors (Lipinski definition) is 1. The second-order valence-corrected chi connectivity index (χ2v) is 6.97. The second-order valence-electron chi connectivity index (χ2n) is 6.12. The maximum atomic E-state index is 3.57. The molecule has 1 aliphatic carbocycles. The molecule has 0 aromatic heterocycles. The van der Waals surface area contributed by atoms with Gasteiger partial charge in [-0.1, -0.05) is 12.1 Å². The molecule has 0 heterocycles. The largest absolute Gasteiger partial charge is 0.383 e. The smallest absolute Gasteiger partial charge is 0.0485 e. The molecular weight excluding hydrogens is 314 g/mol. The van der Waals surface area contributed by atoms with Crippen LogP contribution in [0.3, 0.4) is 0 Å². The van der Waals surface area contributed by atoms with Crippen LogP contribution in [-0.2, 0) is 0 Å². The summed E-state index contributed by atoms with van der Waals surface area (Å²) < 4.78 is 1.13. The minimum absolute atomic E-state index is 0.419. The number of rotatable bonds is 7. The maximum Gasteiger partial charge on any atom is 0.0485 e. The van der Waals surface area contributed by atoms with Crippen LogP contribution in [0, 0.1) is 0 Å². The van der Waals surface area contributed by atoms with Gasteiger partial charge in [0, 0.05) is 35.3 Å². The van der Waals surface area contributed by atoms with Crippen molar-refractivity contribution in [1.82, 2.24) is 9.80 Å². The van der Waals surface area contributed by atoms with Gasteiger partial charge < -0.3 is 15.1 Å². The van der Waals surface area contributed by atoms with Gasteiger partial charge >= 0.3 is 0 Å². The highest BCUT2D eigenvalue weighted by molar-refractivity contribution is 9.10. The maximum absolute atomic E-state index is 3.57. The third kappa shape index (κ3) is 3.74. The van der Waals surface area contributed by atoms with Gasteiger partial charge in [0.05, 0.1) is 0 Å². The van der Waals surface area contributed by atoms with E-state index in [0.29, 0.717) is 5.54 Å². The van der Waals surface area contributed by atoms with Gasteiger partial charge in [0.2, 0.25) is 0 Å². The Labute approximate surface area is 131 Å². The predicted molar refractivity (Wildman–Crippen MR) is 90.4 cm³/mol. The van der Waals surface area contributed by atoms with Crippen LogP contribution in [0.5, 0.6) is 0 Å². The third-order valence-corrected chi connectivity index (χ3v) is 5.17. The summed E-state index contributed by atoms with van der Waals surface area (Å²) in [4.78, 5) is 4.86. The number of nitrogens with zero attached hydrogens (tertiary/aromatic N) is 2. The summed E-state index contributed by atoms with van der Waals surface area (Å²) in [7, 11) is 6.66. The van der Waals surface area contributed by atoms with Gasteiger partial charge in [0.1, 0.15) is 0 Å². The molecule has 1 saturated carbocycles. The van der Waals surface area contributed by atoms with Crippen LogP contribution in [0.15, 0.2) is 28.7 Å². The predicted octanol–water partition coefficient (Wildman–Crippen LogP) is 3.28. The SMILES string of the molecule is CN(CCNc1ccccc1Br)CC1(N(C)C)CCC1. The quantitative estimate of drug-likeness (QED) is 0.822. The summed E-state index contributed by atoms with van der Waals surface area (Å²) in [6.07, 6.45) is 4.05.